The van der Waals surface area contributed by atoms with Gasteiger partial charge in [-0.1, -0.05) is 12.1 Å². The van der Waals surface area contributed by atoms with Gasteiger partial charge in [-0.25, -0.2) is 8.42 Å². The summed E-state index contributed by atoms with van der Waals surface area (Å²) < 4.78 is 25.1. The van der Waals surface area contributed by atoms with Gasteiger partial charge in [0.05, 0.1) is 12.8 Å². The van der Waals surface area contributed by atoms with Crippen LogP contribution in [0.5, 0.6) is 0 Å². The van der Waals surface area contributed by atoms with Crippen LogP contribution < -0.4 is 4.90 Å². The summed E-state index contributed by atoms with van der Waals surface area (Å²) in [5.74, 6) is -0.0852. The number of rotatable bonds is 5. The van der Waals surface area contributed by atoms with Crippen molar-refractivity contribution in [1.29, 1.82) is 0 Å². The Bertz CT molecular complexity index is 751. The third-order valence-electron chi connectivity index (χ3n) is 5.22. The van der Waals surface area contributed by atoms with Gasteiger partial charge in [-0.3, -0.25) is 4.79 Å². The number of carbonyl (C=O) groups is 1. The molecule has 1 heterocycles. The van der Waals surface area contributed by atoms with E-state index in [2.05, 4.69) is 36.9 Å². The van der Waals surface area contributed by atoms with Crippen LogP contribution >= 0.6 is 0 Å². The topological polar surface area (TPSA) is 60.9 Å². The minimum absolute atomic E-state index is 0.0209. The van der Waals surface area contributed by atoms with Crippen molar-refractivity contribution in [3.8, 4) is 0 Å². The van der Waals surface area contributed by atoms with Crippen molar-refractivity contribution in [1.82, 2.24) is 9.21 Å². The number of carbonyl (C=O) groups excluding carboxylic acids is 1. The highest BCUT2D eigenvalue weighted by Gasteiger charge is 2.37. The van der Waals surface area contributed by atoms with Gasteiger partial charge in [-0.05, 0) is 43.9 Å². The first-order valence-corrected chi connectivity index (χ1v) is 10.7. The molecule has 2 fully saturated rings. The second-order valence-corrected chi connectivity index (χ2v) is 9.06. The number of hydrogen-bond acceptors (Lipinski definition) is 4. The van der Waals surface area contributed by atoms with E-state index in [-0.39, 0.29) is 18.5 Å². The molecule has 25 heavy (non-hydrogen) atoms. The number of sulfonamides is 1. The number of nitrogens with zero attached hydrogens (tertiary/aromatic N) is 3. The van der Waals surface area contributed by atoms with E-state index >= 15 is 0 Å². The summed E-state index contributed by atoms with van der Waals surface area (Å²) >= 11 is 0. The summed E-state index contributed by atoms with van der Waals surface area (Å²) in [6.45, 7) is 7.03. The Labute approximate surface area is 150 Å². The predicted molar refractivity (Wildman–Crippen MR) is 99.3 cm³/mol. The largest absolute Gasteiger partial charge is 0.368 e. The highest BCUT2D eigenvalue weighted by atomic mass is 32.2. The first kappa shape index (κ1) is 18.2. The maximum absolute atomic E-state index is 12.6. The second-order valence-electron chi connectivity index (χ2n) is 7.13. The van der Waals surface area contributed by atoms with Gasteiger partial charge < -0.3 is 9.80 Å². The molecule has 0 aromatic heterocycles. The molecule has 0 spiro atoms. The van der Waals surface area contributed by atoms with E-state index in [1.807, 2.05) is 0 Å². The van der Waals surface area contributed by atoms with E-state index in [0.29, 0.717) is 13.1 Å². The van der Waals surface area contributed by atoms with Crippen LogP contribution in [0.1, 0.15) is 24.0 Å². The van der Waals surface area contributed by atoms with Gasteiger partial charge in [-0.15, -0.1) is 0 Å². The lowest BCUT2D eigenvalue weighted by Crippen LogP contribution is -2.52. The van der Waals surface area contributed by atoms with Crippen molar-refractivity contribution >= 4 is 21.6 Å². The minimum Gasteiger partial charge on any atom is -0.368 e. The van der Waals surface area contributed by atoms with Gasteiger partial charge in [0.1, 0.15) is 0 Å². The standard InChI is InChI=1S/C18H27N3O3S/c1-14-5-4-6-17(15(14)2)19-9-11-20(12-10-19)18(22)13-21(16-7-8-16)25(3,23)24/h4-6,16H,7-13H2,1-3H3. The summed E-state index contributed by atoms with van der Waals surface area (Å²) in [6.07, 6.45) is 2.92. The van der Waals surface area contributed by atoms with Gasteiger partial charge in [0.15, 0.2) is 0 Å². The monoisotopic (exact) mass is 365 g/mol. The van der Waals surface area contributed by atoms with E-state index in [4.69, 9.17) is 0 Å². The van der Waals surface area contributed by atoms with Crippen molar-refractivity contribution in [3.05, 3.63) is 29.3 Å². The number of benzene rings is 1. The Kier molecular flexibility index (Phi) is 5.06. The molecule has 1 saturated heterocycles. The number of hydrogen-bond donors (Lipinski definition) is 0. The minimum atomic E-state index is -3.32. The quantitative estimate of drug-likeness (QED) is 0.791. The summed E-state index contributed by atoms with van der Waals surface area (Å²) in [7, 11) is -3.32. The van der Waals surface area contributed by atoms with Crippen molar-refractivity contribution < 1.29 is 13.2 Å². The summed E-state index contributed by atoms with van der Waals surface area (Å²) in [6, 6.07) is 6.32. The lowest BCUT2D eigenvalue weighted by atomic mass is 10.1. The molecule has 1 amide bonds. The Morgan fingerprint density at radius 1 is 1.16 bits per heavy atom. The second kappa shape index (κ2) is 6.96. The molecule has 138 valence electrons. The normalized spacial score (nSPS) is 18.7. The summed E-state index contributed by atoms with van der Waals surface area (Å²) in [5.41, 5.74) is 3.77. The molecular formula is C18H27N3O3S. The Morgan fingerprint density at radius 3 is 2.36 bits per heavy atom. The molecule has 1 aliphatic heterocycles. The van der Waals surface area contributed by atoms with Gasteiger partial charge in [0, 0.05) is 37.9 Å². The molecule has 0 N–H and O–H groups in total. The fraction of sp³-hybridized carbons (Fsp3) is 0.611. The van der Waals surface area contributed by atoms with E-state index in [0.717, 1.165) is 25.9 Å². The third-order valence-corrected chi connectivity index (χ3v) is 6.50. The fourth-order valence-electron chi connectivity index (χ4n) is 3.39. The summed E-state index contributed by atoms with van der Waals surface area (Å²) in [5, 5.41) is 0. The molecule has 1 aromatic rings. The molecule has 1 aliphatic carbocycles. The number of anilines is 1. The zero-order valence-corrected chi connectivity index (χ0v) is 16.1. The molecule has 2 aliphatic rings. The molecular weight excluding hydrogens is 338 g/mol. The van der Waals surface area contributed by atoms with Gasteiger partial charge in [0.25, 0.3) is 0 Å². The van der Waals surface area contributed by atoms with E-state index < -0.39 is 10.0 Å². The zero-order valence-electron chi connectivity index (χ0n) is 15.2. The number of amides is 1. The van der Waals surface area contributed by atoms with Gasteiger partial charge >= 0.3 is 0 Å². The molecule has 3 rings (SSSR count). The smallest absolute Gasteiger partial charge is 0.238 e. The van der Waals surface area contributed by atoms with Crippen LogP contribution in [0.2, 0.25) is 0 Å². The highest BCUT2D eigenvalue weighted by molar-refractivity contribution is 7.88. The third kappa shape index (κ3) is 4.15. The molecule has 0 atom stereocenters. The molecule has 0 unspecified atom stereocenters. The average molecular weight is 365 g/mol. The van der Waals surface area contributed by atoms with E-state index in [1.54, 1.807) is 4.90 Å². The van der Waals surface area contributed by atoms with Crippen LogP contribution in [0.25, 0.3) is 0 Å². The highest BCUT2D eigenvalue weighted by Crippen LogP contribution is 2.29. The van der Waals surface area contributed by atoms with Crippen molar-refractivity contribution in [2.75, 3.05) is 43.9 Å². The molecule has 7 heteroatoms. The number of piperazine rings is 1. The lowest BCUT2D eigenvalue weighted by Gasteiger charge is -2.37. The first-order valence-electron chi connectivity index (χ1n) is 8.83. The average Bonchev–Trinajstić information content (AvgIpc) is 3.39. The van der Waals surface area contributed by atoms with Gasteiger partial charge in [-0.2, -0.15) is 4.31 Å². The van der Waals surface area contributed by atoms with Crippen LogP contribution in [0.15, 0.2) is 18.2 Å². The molecule has 1 saturated carbocycles. The van der Waals surface area contributed by atoms with Crippen LogP contribution in [-0.2, 0) is 14.8 Å². The summed E-state index contributed by atoms with van der Waals surface area (Å²) in [4.78, 5) is 16.7. The fourth-order valence-corrected chi connectivity index (χ4v) is 4.49. The van der Waals surface area contributed by atoms with Gasteiger partial charge in [0.2, 0.25) is 15.9 Å². The maximum Gasteiger partial charge on any atom is 0.238 e. The molecule has 1 aromatic carbocycles. The Morgan fingerprint density at radius 2 is 1.80 bits per heavy atom. The first-order chi connectivity index (χ1) is 11.8. The van der Waals surface area contributed by atoms with E-state index in [1.165, 1.54) is 27.4 Å². The van der Waals surface area contributed by atoms with Crippen LogP contribution in [-0.4, -0.2) is 68.6 Å². The Hall–Kier alpha value is -1.60. The molecule has 6 nitrogen and oxygen atoms in total. The van der Waals surface area contributed by atoms with Crippen molar-refractivity contribution in [2.24, 2.45) is 0 Å². The van der Waals surface area contributed by atoms with Crippen LogP contribution in [0.3, 0.4) is 0 Å². The Balaban J connectivity index is 1.60. The maximum atomic E-state index is 12.6. The van der Waals surface area contributed by atoms with Crippen LogP contribution in [0, 0.1) is 13.8 Å². The zero-order chi connectivity index (χ0) is 18.2. The number of aryl methyl sites for hydroxylation is 1. The SMILES string of the molecule is Cc1cccc(N2CCN(C(=O)CN(C3CC3)S(C)(=O)=O)CC2)c1C. The predicted octanol–water partition coefficient (Wildman–Crippen LogP) is 1.38. The lowest BCUT2D eigenvalue weighted by molar-refractivity contribution is -0.131. The van der Waals surface area contributed by atoms with E-state index in [9.17, 15) is 13.2 Å². The molecule has 0 bridgehead atoms. The van der Waals surface area contributed by atoms with Crippen molar-refractivity contribution in [2.45, 2.75) is 32.7 Å². The molecule has 0 radical (unpaired) electrons. The van der Waals surface area contributed by atoms with Crippen molar-refractivity contribution in [3.63, 3.8) is 0 Å². The van der Waals surface area contributed by atoms with Crippen LogP contribution in [0.4, 0.5) is 5.69 Å².